The molecular weight excluding hydrogens is 378 g/mol. The number of nitrogen functional groups attached to an aromatic ring is 2. The van der Waals surface area contributed by atoms with Crippen molar-refractivity contribution in [1.29, 1.82) is 0 Å². The van der Waals surface area contributed by atoms with Gasteiger partial charge in [-0.2, -0.15) is 15.0 Å². The molecule has 0 aliphatic heterocycles. The summed E-state index contributed by atoms with van der Waals surface area (Å²) in [5.41, 5.74) is 10.8. The Kier molecular flexibility index (Phi) is 5.34. The number of hydrogen-bond acceptors (Lipinski definition) is 8. The number of carbonyl (C=O) groups is 1. The minimum Gasteiger partial charge on any atom is -0.480 e. The van der Waals surface area contributed by atoms with Crippen LogP contribution in [0.1, 0.15) is 5.82 Å². The fraction of sp³-hybridized carbons (Fsp3) is 0.167. The largest absolute Gasteiger partial charge is 0.480 e. The van der Waals surface area contributed by atoms with Crippen LogP contribution in [-0.2, 0) is 16.1 Å². The average molecular weight is 389 g/mol. The quantitative estimate of drug-likeness (QED) is 0.739. The molecule has 116 valence electrons. The highest BCUT2D eigenvalue weighted by atomic mass is 79.9. The molecule has 0 unspecified atom stereocenters. The standard InChI is InChI=1S/C12H11BrClN5O3/c13-6-1-2-8(7(14)3-6)21-5-10(20)22-4-9-17-11(15)19-12(16)18-9/h1-3H,4-5H2,(H4,15,16,17,18,19). The fourth-order valence-corrected chi connectivity index (χ4v) is 2.16. The predicted molar refractivity (Wildman–Crippen MR) is 83.1 cm³/mol. The molecule has 4 N–H and O–H groups in total. The first-order valence-electron chi connectivity index (χ1n) is 5.93. The molecule has 0 aliphatic rings. The van der Waals surface area contributed by atoms with Crippen LogP contribution in [0, 0.1) is 0 Å². The van der Waals surface area contributed by atoms with Crippen LogP contribution in [0.15, 0.2) is 22.7 Å². The van der Waals surface area contributed by atoms with Gasteiger partial charge in [-0.05, 0) is 18.2 Å². The van der Waals surface area contributed by atoms with E-state index in [4.69, 9.17) is 32.5 Å². The summed E-state index contributed by atoms with van der Waals surface area (Å²) in [6.45, 7) is -0.495. The van der Waals surface area contributed by atoms with Gasteiger partial charge in [0.25, 0.3) is 0 Å². The van der Waals surface area contributed by atoms with Gasteiger partial charge in [0.15, 0.2) is 19.0 Å². The molecule has 0 spiro atoms. The van der Waals surface area contributed by atoms with Crippen LogP contribution in [0.4, 0.5) is 11.9 Å². The fourth-order valence-electron chi connectivity index (χ4n) is 1.44. The smallest absolute Gasteiger partial charge is 0.344 e. The molecule has 0 bridgehead atoms. The Balaban J connectivity index is 1.85. The van der Waals surface area contributed by atoms with E-state index in [1.54, 1.807) is 18.2 Å². The van der Waals surface area contributed by atoms with E-state index >= 15 is 0 Å². The van der Waals surface area contributed by atoms with Crippen LogP contribution in [0.3, 0.4) is 0 Å². The van der Waals surface area contributed by atoms with Gasteiger partial charge in [0.2, 0.25) is 11.9 Å². The number of ether oxygens (including phenoxy) is 2. The first kappa shape index (κ1) is 16.2. The molecule has 0 saturated carbocycles. The first-order valence-corrected chi connectivity index (χ1v) is 7.10. The summed E-state index contributed by atoms with van der Waals surface area (Å²) in [5.74, 6) is -0.181. The molecule has 8 nitrogen and oxygen atoms in total. The number of carbonyl (C=O) groups excluding carboxylic acids is 1. The van der Waals surface area contributed by atoms with Crippen LogP contribution in [-0.4, -0.2) is 27.5 Å². The molecule has 1 aromatic carbocycles. The lowest BCUT2D eigenvalue weighted by Gasteiger charge is -2.08. The molecule has 0 aliphatic carbocycles. The minimum absolute atomic E-state index is 0.0450. The minimum atomic E-state index is -0.614. The summed E-state index contributed by atoms with van der Waals surface area (Å²) in [7, 11) is 0. The lowest BCUT2D eigenvalue weighted by Crippen LogP contribution is -2.16. The number of esters is 1. The Bertz CT molecular complexity index is 680. The van der Waals surface area contributed by atoms with E-state index in [0.717, 1.165) is 4.47 Å². The van der Waals surface area contributed by atoms with Gasteiger partial charge in [0.05, 0.1) is 5.02 Å². The second kappa shape index (κ2) is 7.23. The maximum absolute atomic E-state index is 11.6. The Labute approximate surface area is 138 Å². The van der Waals surface area contributed by atoms with Gasteiger partial charge in [-0.1, -0.05) is 27.5 Å². The van der Waals surface area contributed by atoms with Crippen molar-refractivity contribution in [3.8, 4) is 5.75 Å². The third kappa shape index (κ3) is 4.71. The third-order valence-electron chi connectivity index (χ3n) is 2.32. The van der Waals surface area contributed by atoms with E-state index < -0.39 is 5.97 Å². The predicted octanol–water partition coefficient (Wildman–Crippen LogP) is 1.57. The van der Waals surface area contributed by atoms with Gasteiger partial charge in [0, 0.05) is 4.47 Å². The summed E-state index contributed by atoms with van der Waals surface area (Å²) in [6.07, 6.45) is 0. The maximum Gasteiger partial charge on any atom is 0.344 e. The normalized spacial score (nSPS) is 10.3. The summed E-state index contributed by atoms with van der Waals surface area (Å²) in [4.78, 5) is 22.8. The number of aromatic nitrogens is 3. The van der Waals surface area contributed by atoms with Crippen LogP contribution in [0.5, 0.6) is 5.75 Å². The van der Waals surface area contributed by atoms with Gasteiger partial charge in [-0.15, -0.1) is 0 Å². The molecule has 0 amide bonds. The zero-order valence-electron chi connectivity index (χ0n) is 11.1. The lowest BCUT2D eigenvalue weighted by atomic mass is 10.3. The molecule has 2 rings (SSSR count). The molecule has 2 aromatic rings. The Morgan fingerprint density at radius 1 is 1.23 bits per heavy atom. The molecular formula is C12H11BrClN5O3. The van der Waals surface area contributed by atoms with Crippen LogP contribution < -0.4 is 16.2 Å². The molecule has 0 fully saturated rings. The van der Waals surface area contributed by atoms with Crippen molar-refractivity contribution in [2.75, 3.05) is 18.1 Å². The zero-order valence-corrected chi connectivity index (χ0v) is 13.5. The average Bonchev–Trinajstić information content (AvgIpc) is 2.43. The van der Waals surface area contributed by atoms with Crippen molar-refractivity contribution in [3.05, 3.63) is 33.5 Å². The monoisotopic (exact) mass is 387 g/mol. The van der Waals surface area contributed by atoms with E-state index in [0.29, 0.717) is 10.8 Å². The van der Waals surface area contributed by atoms with Crippen LogP contribution in [0.25, 0.3) is 0 Å². The number of halogens is 2. The van der Waals surface area contributed by atoms with Gasteiger partial charge in [-0.25, -0.2) is 4.79 Å². The number of hydrogen-bond donors (Lipinski definition) is 2. The maximum atomic E-state index is 11.6. The SMILES string of the molecule is Nc1nc(N)nc(COC(=O)COc2ccc(Br)cc2Cl)n1. The number of rotatable bonds is 5. The van der Waals surface area contributed by atoms with Gasteiger partial charge >= 0.3 is 5.97 Å². The molecule has 10 heteroatoms. The third-order valence-corrected chi connectivity index (χ3v) is 3.11. The summed E-state index contributed by atoms with van der Waals surface area (Å²) in [6, 6.07) is 5.02. The van der Waals surface area contributed by atoms with Crippen LogP contribution >= 0.6 is 27.5 Å². The second-order valence-corrected chi connectivity index (χ2v) is 5.32. The molecule has 0 radical (unpaired) electrons. The lowest BCUT2D eigenvalue weighted by molar-refractivity contribution is -0.147. The number of anilines is 2. The number of nitrogens with zero attached hydrogens (tertiary/aromatic N) is 3. The number of nitrogens with two attached hydrogens (primary N) is 2. The highest BCUT2D eigenvalue weighted by molar-refractivity contribution is 9.10. The van der Waals surface area contributed by atoms with Gasteiger partial charge in [0.1, 0.15) is 5.75 Å². The first-order chi connectivity index (χ1) is 10.4. The van der Waals surface area contributed by atoms with E-state index in [-0.39, 0.29) is 30.9 Å². The Hall–Kier alpha value is -2.13. The highest BCUT2D eigenvalue weighted by Gasteiger charge is 2.09. The summed E-state index contributed by atoms with van der Waals surface area (Å²) < 4.78 is 11.0. The molecule has 1 aromatic heterocycles. The molecule has 22 heavy (non-hydrogen) atoms. The molecule has 1 heterocycles. The van der Waals surface area contributed by atoms with E-state index in [2.05, 4.69) is 30.9 Å². The van der Waals surface area contributed by atoms with Crippen molar-refractivity contribution >= 4 is 45.4 Å². The van der Waals surface area contributed by atoms with Crippen molar-refractivity contribution in [2.45, 2.75) is 6.61 Å². The topological polar surface area (TPSA) is 126 Å². The molecule has 0 atom stereocenters. The second-order valence-electron chi connectivity index (χ2n) is 3.99. The van der Waals surface area contributed by atoms with Crippen molar-refractivity contribution in [2.24, 2.45) is 0 Å². The Morgan fingerprint density at radius 2 is 1.91 bits per heavy atom. The van der Waals surface area contributed by atoms with Crippen molar-refractivity contribution in [1.82, 2.24) is 15.0 Å². The van der Waals surface area contributed by atoms with E-state index in [1.807, 2.05) is 0 Å². The molecule has 0 saturated heterocycles. The van der Waals surface area contributed by atoms with E-state index in [1.165, 1.54) is 0 Å². The van der Waals surface area contributed by atoms with Gasteiger partial charge < -0.3 is 20.9 Å². The Morgan fingerprint density at radius 3 is 2.55 bits per heavy atom. The van der Waals surface area contributed by atoms with E-state index in [9.17, 15) is 4.79 Å². The van der Waals surface area contributed by atoms with Crippen molar-refractivity contribution < 1.29 is 14.3 Å². The highest BCUT2D eigenvalue weighted by Crippen LogP contribution is 2.27. The summed E-state index contributed by atoms with van der Waals surface area (Å²) in [5, 5.41) is 0.375. The van der Waals surface area contributed by atoms with Gasteiger partial charge in [-0.3, -0.25) is 0 Å². The van der Waals surface area contributed by atoms with Crippen molar-refractivity contribution in [3.63, 3.8) is 0 Å². The summed E-state index contributed by atoms with van der Waals surface area (Å²) >= 11 is 9.23. The van der Waals surface area contributed by atoms with Crippen LogP contribution in [0.2, 0.25) is 5.02 Å². The number of benzene rings is 1. The zero-order chi connectivity index (χ0) is 16.1.